The first kappa shape index (κ1) is 13.8. The van der Waals surface area contributed by atoms with Gasteiger partial charge < -0.3 is 10.4 Å². The number of hydrogen-bond donors (Lipinski definition) is 2. The molecule has 4 heteroatoms. The van der Waals surface area contributed by atoms with Gasteiger partial charge in [-0.25, -0.2) is 0 Å². The highest BCUT2D eigenvalue weighted by Gasteiger charge is 2.16. The highest BCUT2D eigenvalue weighted by atomic mass is 32.1. The van der Waals surface area contributed by atoms with E-state index in [1.807, 2.05) is 48.0 Å². The molecule has 1 atom stereocenters. The Morgan fingerprint density at radius 2 is 2.05 bits per heavy atom. The molecule has 1 heterocycles. The summed E-state index contributed by atoms with van der Waals surface area (Å²) in [6.45, 7) is 1.97. The normalized spacial score (nSPS) is 12.1. The van der Waals surface area contributed by atoms with E-state index in [1.165, 1.54) is 11.3 Å². The second kappa shape index (κ2) is 6.50. The zero-order chi connectivity index (χ0) is 13.7. The van der Waals surface area contributed by atoms with Gasteiger partial charge in [-0.05, 0) is 29.9 Å². The fourth-order valence-electron chi connectivity index (χ4n) is 1.97. The maximum absolute atomic E-state index is 12.2. The van der Waals surface area contributed by atoms with Crippen molar-refractivity contribution >= 4 is 17.2 Å². The Morgan fingerprint density at radius 1 is 1.32 bits per heavy atom. The van der Waals surface area contributed by atoms with Crippen LogP contribution in [0.25, 0.3) is 0 Å². The molecular weight excluding hydrogens is 258 g/mol. The minimum Gasteiger partial charge on any atom is -0.396 e. The molecule has 2 N–H and O–H groups in total. The summed E-state index contributed by atoms with van der Waals surface area (Å²) in [4.78, 5) is 12.2. The number of carbonyl (C=O) groups excluding carboxylic acids is 1. The summed E-state index contributed by atoms with van der Waals surface area (Å²) in [5.41, 5.74) is 2.71. The number of amides is 1. The van der Waals surface area contributed by atoms with Crippen LogP contribution in [-0.4, -0.2) is 17.6 Å². The van der Waals surface area contributed by atoms with Crippen molar-refractivity contribution in [1.29, 1.82) is 0 Å². The molecule has 1 aromatic carbocycles. The predicted octanol–water partition coefficient (Wildman–Crippen LogP) is 2.91. The molecule has 1 aromatic heterocycles. The smallest absolute Gasteiger partial charge is 0.252 e. The van der Waals surface area contributed by atoms with Crippen LogP contribution in [0.4, 0.5) is 0 Å². The van der Waals surface area contributed by atoms with E-state index in [4.69, 9.17) is 5.11 Å². The molecule has 100 valence electrons. The number of aryl methyl sites for hydroxylation is 1. The van der Waals surface area contributed by atoms with Crippen molar-refractivity contribution < 1.29 is 9.90 Å². The second-order valence-electron chi connectivity index (χ2n) is 4.42. The standard InChI is InChI=1S/C15H17NO2S/c1-11-9-19-10-13(11)15(18)16-14(7-8-17)12-5-3-2-4-6-12/h2-6,9-10,14,17H,7-8H2,1H3,(H,16,18). The summed E-state index contributed by atoms with van der Waals surface area (Å²) in [5, 5.41) is 15.9. The minimum absolute atomic E-state index is 0.0441. The average molecular weight is 275 g/mol. The van der Waals surface area contributed by atoms with Crippen molar-refractivity contribution in [3.05, 3.63) is 57.8 Å². The maximum Gasteiger partial charge on any atom is 0.252 e. The molecule has 0 bridgehead atoms. The Labute approximate surface area is 116 Å². The summed E-state index contributed by atoms with van der Waals surface area (Å²) in [6.07, 6.45) is 0.513. The monoisotopic (exact) mass is 275 g/mol. The fourth-order valence-corrected chi connectivity index (χ4v) is 2.79. The quantitative estimate of drug-likeness (QED) is 0.881. The van der Waals surface area contributed by atoms with E-state index in [-0.39, 0.29) is 18.6 Å². The lowest BCUT2D eigenvalue weighted by atomic mass is 10.0. The van der Waals surface area contributed by atoms with Crippen molar-refractivity contribution in [2.75, 3.05) is 6.61 Å². The first-order valence-corrected chi connectivity index (χ1v) is 7.16. The summed E-state index contributed by atoms with van der Waals surface area (Å²) >= 11 is 1.52. The molecule has 0 saturated heterocycles. The van der Waals surface area contributed by atoms with Gasteiger partial charge in [-0.3, -0.25) is 4.79 Å². The summed E-state index contributed by atoms with van der Waals surface area (Å²) in [7, 11) is 0. The van der Waals surface area contributed by atoms with Crippen molar-refractivity contribution in [3.63, 3.8) is 0 Å². The van der Waals surface area contributed by atoms with Gasteiger partial charge in [-0.2, -0.15) is 11.3 Å². The van der Waals surface area contributed by atoms with E-state index in [1.54, 1.807) is 0 Å². The summed E-state index contributed by atoms with van der Waals surface area (Å²) in [5.74, 6) is -0.0824. The van der Waals surface area contributed by atoms with Crippen LogP contribution in [0.1, 0.15) is 33.9 Å². The van der Waals surface area contributed by atoms with Crippen molar-refractivity contribution in [2.45, 2.75) is 19.4 Å². The van der Waals surface area contributed by atoms with E-state index in [0.29, 0.717) is 12.0 Å². The van der Waals surface area contributed by atoms with Crippen molar-refractivity contribution in [3.8, 4) is 0 Å². The van der Waals surface area contributed by atoms with Crippen molar-refractivity contribution in [1.82, 2.24) is 5.32 Å². The molecule has 19 heavy (non-hydrogen) atoms. The highest BCUT2D eigenvalue weighted by molar-refractivity contribution is 7.08. The van der Waals surface area contributed by atoms with Gasteiger partial charge in [-0.15, -0.1) is 0 Å². The van der Waals surface area contributed by atoms with Gasteiger partial charge in [-0.1, -0.05) is 30.3 Å². The van der Waals surface area contributed by atoms with Crippen LogP contribution in [0.15, 0.2) is 41.1 Å². The number of nitrogens with one attached hydrogen (secondary N) is 1. The van der Waals surface area contributed by atoms with Crippen LogP contribution in [0.3, 0.4) is 0 Å². The van der Waals surface area contributed by atoms with Gasteiger partial charge >= 0.3 is 0 Å². The summed E-state index contributed by atoms with van der Waals surface area (Å²) < 4.78 is 0. The third-order valence-electron chi connectivity index (χ3n) is 3.03. The number of rotatable bonds is 5. The van der Waals surface area contributed by atoms with Gasteiger partial charge in [0.2, 0.25) is 0 Å². The van der Waals surface area contributed by atoms with E-state index in [0.717, 1.165) is 11.1 Å². The lowest BCUT2D eigenvalue weighted by Crippen LogP contribution is -2.29. The van der Waals surface area contributed by atoms with Crippen LogP contribution in [0.2, 0.25) is 0 Å². The molecule has 3 nitrogen and oxygen atoms in total. The third kappa shape index (κ3) is 3.43. The number of aliphatic hydroxyl groups excluding tert-OH is 1. The number of thiophene rings is 1. The average Bonchev–Trinajstić information content (AvgIpc) is 2.85. The van der Waals surface area contributed by atoms with E-state index >= 15 is 0 Å². The van der Waals surface area contributed by atoms with Crippen LogP contribution in [-0.2, 0) is 0 Å². The Hall–Kier alpha value is -1.65. The molecule has 1 amide bonds. The molecule has 0 saturated carbocycles. The number of carbonyl (C=O) groups is 1. The fraction of sp³-hybridized carbons (Fsp3) is 0.267. The van der Waals surface area contributed by atoms with E-state index < -0.39 is 0 Å². The molecule has 0 fully saturated rings. The van der Waals surface area contributed by atoms with Crippen LogP contribution in [0, 0.1) is 6.92 Å². The maximum atomic E-state index is 12.2. The molecule has 0 aliphatic rings. The van der Waals surface area contributed by atoms with Crippen LogP contribution >= 0.6 is 11.3 Å². The first-order valence-electron chi connectivity index (χ1n) is 6.22. The largest absolute Gasteiger partial charge is 0.396 e. The minimum atomic E-state index is -0.155. The topological polar surface area (TPSA) is 49.3 Å². The van der Waals surface area contributed by atoms with E-state index in [2.05, 4.69) is 5.32 Å². The van der Waals surface area contributed by atoms with Crippen molar-refractivity contribution in [2.24, 2.45) is 0 Å². The zero-order valence-corrected chi connectivity index (χ0v) is 11.6. The highest BCUT2D eigenvalue weighted by Crippen LogP contribution is 2.19. The van der Waals surface area contributed by atoms with Gasteiger partial charge in [0.1, 0.15) is 0 Å². The Kier molecular flexibility index (Phi) is 4.71. The van der Waals surface area contributed by atoms with Crippen LogP contribution < -0.4 is 5.32 Å². The second-order valence-corrected chi connectivity index (χ2v) is 5.16. The summed E-state index contributed by atoms with van der Waals surface area (Å²) in [6, 6.07) is 9.56. The number of hydrogen-bond acceptors (Lipinski definition) is 3. The zero-order valence-electron chi connectivity index (χ0n) is 10.8. The molecule has 1 unspecified atom stereocenters. The van der Waals surface area contributed by atoms with Gasteiger partial charge in [0.05, 0.1) is 11.6 Å². The van der Waals surface area contributed by atoms with Gasteiger partial charge in [0.15, 0.2) is 0 Å². The Balaban J connectivity index is 2.14. The molecule has 2 rings (SSSR count). The predicted molar refractivity (Wildman–Crippen MR) is 77.4 cm³/mol. The van der Waals surface area contributed by atoms with Gasteiger partial charge in [0.25, 0.3) is 5.91 Å². The molecule has 0 aliphatic heterocycles. The molecule has 2 aromatic rings. The first-order chi connectivity index (χ1) is 9.22. The number of aliphatic hydroxyl groups is 1. The molecule has 0 aliphatic carbocycles. The van der Waals surface area contributed by atoms with E-state index in [9.17, 15) is 4.79 Å². The molecule has 0 radical (unpaired) electrons. The lowest BCUT2D eigenvalue weighted by molar-refractivity contribution is 0.0930. The van der Waals surface area contributed by atoms with Gasteiger partial charge in [0, 0.05) is 12.0 Å². The Bertz CT molecular complexity index is 536. The molecule has 0 spiro atoms. The van der Waals surface area contributed by atoms with Crippen LogP contribution in [0.5, 0.6) is 0 Å². The Morgan fingerprint density at radius 3 is 2.63 bits per heavy atom. The number of benzene rings is 1. The third-order valence-corrected chi connectivity index (χ3v) is 3.89. The SMILES string of the molecule is Cc1cscc1C(=O)NC(CCO)c1ccccc1. The molecular formula is C15H17NO2S. The lowest BCUT2D eigenvalue weighted by Gasteiger charge is -2.18.